The third-order valence-electron chi connectivity index (χ3n) is 4.43. The van der Waals surface area contributed by atoms with Crippen molar-refractivity contribution < 1.29 is 17.7 Å². The first-order valence-electron chi connectivity index (χ1n) is 9.32. The molecule has 0 unspecified atom stereocenters. The maximum Gasteiger partial charge on any atom is 0.241 e. The second-order valence-electron chi connectivity index (χ2n) is 6.86. The topological polar surface area (TPSA) is 101 Å². The lowest BCUT2D eigenvalue weighted by Gasteiger charge is -2.10. The van der Waals surface area contributed by atoms with Crippen LogP contribution in [0.4, 0.5) is 5.69 Å². The zero-order valence-electron chi connectivity index (χ0n) is 17.0. The Kier molecular flexibility index (Phi) is 6.49. The highest BCUT2D eigenvalue weighted by Crippen LogP contribution is 2.24. The van der Waals surface area contributed by atoms with E-state index in [4.69, 9.17) is 4.52 Å². The van der Waals surface area contributed by atoms with Crippen LogP contribution in [0.5, 0.6) is 0 Å². The van der Waals surface area contributed by atoms with Gasteiger partial charge in [0.15, 0.2) is 5.76 Å². The number of carbonyl (C=O) groups excluding carboxylic acids is 1. The minimum absolute atomic E-state index is 0.205. The number of benzene rings is 2. The summed E-state index contributed by atoms with van der Waals surface area (Å²) in [4.78, 5) is 11.6. The smallest absolute Gasteiger partial charge is 0.241 e. The molecule has 1 heterocycles. The molecule has 0 fully saturated rings. The molecule has 0 atom stereocenters. The van der Waals surface area contributed by atoms with Gasteiger partial charge in [0.05, 0.1) is 4.90 Å². The van der Waals surface area contributed by atoms with E-state index in [1.807, 2.05) is 36.4 Å². The molecule has 156 valence electrons. The van der Waals surface area contributed by atoms with Gasteiger partial charge in [-0.2, -0.15) is 0 Å². The van der Waals surface area contributed by atoms with Crippen molar-refractivity contribution in [2.75, 3.05) is 5.32 Å². The number of nitrogens with one attached hydrogen (secondary N) is 2. The van der Waals surface area contributed by atoms with Crippen LogP contribution < -0.4 is 10.0 Å². The van der Waals surface area contributed by atoms with Gasteiger partial charge in [-0.3, -0.25) is 4.79 Å². The lowest BCUT2D eigenvalue weighted by Crippen LogP contribution is -2.24. The third-order valence-corrected chi connectivity index (χ3v) is 5.97. The molecule has 3 rings (SSSR count). The van der Waals surface area contributed by atoms with Crippen LogP contribution in [-0.4, -0.2) is 19.5 Å². The average molecular weight is 426 g/mol. The van der Waals surface area contributed by atoms with E-state index in [0.717, 1.165) is 5.56 Å². The second kappa shape index (κ2) is 9.06. The number of rotatable bonds is 7. The van der Waals surface area contributed by atoms with E-state index in [9.17, 15) is 13.2 Å². The summed E-state index contributed by atoms with van der Waals surface area (Å²) in [5.41, 5.74) is 3.23. The van der Waals surface area contributed by atoms with Crippen molar-refractivity contribution in [2.24, 2.45) is 0 Å². The van der Waals surface area contributed by atoms with Crippen LogP contribution in [0.25, 0.3) is 12.2 Å². The van der Waals surface area contributed by atoms with E-state index < -0.39 is 10.0 Å². The Morgan fingerprint density at radius 2 is 1.83 bits per heavy atom. The molecule has 7 nitrogen and oxygen atoms in total. The van der Waals surface area contributed by atoms with E-state index in [1.54, 1.807) is 38.1 Å². The monoisotopic (exact) mass is 425 g/mol. The van der Waals surface area contributed by atoms with Gasteiger partial charge in [0.25, 0.3) is 0 Å². The fourth-order valence-electron chi connectivity index (χ4n) is 2.86. The van der Waals surface area contributed by atoms with Gasteiger partial charge in [0.2, 0.25) is 15.9 Å². The molecule has 0 radical (unpaired) electrons. The van der Waals surface area contributed by atoms with Gasteiger partial charge in [-0.15, -0.1) is 0 Å². The third kappa shape index (κ3) is 5.22. The van der Waals surface area contributed by atoms with Crippen LogP contribution in [0.2, 0.25) is 0 Å². The van der Waals surface area contributed by atoms with Crippen molar-refractivity contribution >= 4 is 33.8 Å². The molecule has 8 heteroatoms. The van der Waals surface area contributed by atoms with Gasteiger partial charge in [-0.1, -0.05) is 53.7 Å². The van der Waals surface area contributed by atoms with Crippen LogP contribution in [0.15, 0.2) is 57.9 Å². The number of sulfonamides is 1. The highest BCUT2D eigenvalue weighted by Gasteiger charge is 2.17. The SMILES string of the molecule is CC(=O)Nc1c(C)noc1/C=C\c1ccc(C)c(S(=O)(=O)NCc2ccccc2)c1. The van der Waals surface area contributed by atoms with Crippen molar-refractivity contribution in [3.63, 3.8) is 0 Å². The quantitative estimate of drug-likeness (QED) is 0.598. The summed E-state index contributed by atoms with van der Waals surface area (Å²) in [6.45, 7) is 5.08. The molecule has 0 aliphatic heterocycles. The lowest BCUT2D eigenvalue weighted by atomic mass is 10.1. The van der Waals surface area contributed by atoms with Gasteiger partial charge in [-0.25, -0.2) is 13.1 Å². The molecular formula is C22H23N3O4S. The van der Waals surface area contributed by atoms with Gasteiger partial charge in [0, 0.05) is 13.5 Å². The Balaban J connectivity index is 1.83. The maximum atomic E-state index is 12.8. The average Bonchev–Trinajstić information content (AvgIpc) is 3.05. The molecule has 2 aromatic carbocycles. The van der Waals surface area contributed by atoms with E-state index in [0.29, 0.717) is 28.3 Å². The predicted octanol–water partition coefficient (Wildman–Crippen LogP) is 3.90. The molecule has 1 amide bonds. The van der Waals surface area contributed by atoms with Crippen LogP contribution >= 0.6 is 0 Å². The number of carbonyl (C=O) groups is 1. The van der Waals surface area contributed by atoms with E-state index in [2.05, 4.69) is 15.2 Å². The van der Waals surface area contributed by atoms with Crippen molar-refractivity contribution in [3.05, 3.63) is 76.7 Å². The summed E-state index contributed by atoms with van der Waals surface area (Å²) in [7, 11) is -3.69. The molecule has 0 spiro atoms. The minimum Gasteiger partial charge on any atom is -0.354 e. The predicted molar refractivity (Wildman–Crippen MR) is 116 cm³/mol. The number of anilines is 1. The fraction of sp³-hybridized carbons (Fsp3) is 0.182. The van der Waals surface area contributed by atoms with E-state index in [1.165, 1.54) is 6.92 Å². The maximum absolute atomic E-state index is 12.8. The number of aryl methyl sites for hydroxylation is 2. The number of aromatic nitrogens is 1. The molecule has 2 N–H and O–H groups in total. The summed E-state index contributed by atoms with van der Waals surface area (Å²) < 4.78 is 33.5. The van der Waals surface area contributed by atoms with Gasteiger partial charge >= 0.3 is 0 Å². The fourth-order valence-corrected chi connectivity index (χ4v) is 4.16. The highest BCUT2D eigenvalue weighted by molar-refractivity contribution is 7.89. The Hall–Kier alpha value is -3.23. The van der Waals surface area contributed by atoms with Crippen molar-refractivity contribution in [1.82, 2.24) is 9.88 Å². The van der Waals surface area contributed by atoms with Crippen LogP contribution in [0.3, 0.4) is 0 Å². The van der Waals surface area contributed by atoms with Crippen molar-refractivity contribution in [1.29, 1.82) is 0 Å². The summed E-state index contributed by atoms with van der Waals surface area (Å²) in [6.07, 6.45) is 3.35. The van der Waals surface area contributed by atoms with Crippen LogP contribution in [-0.2, 0) is 21.4 Å². The van der Waals surface area contributed by atoms with E-state index in [-0.39, 0.29) is 17.3 Å². The van der Waals surface area contributed by atoms with E-state index >= 15 is 0 Å². The summed E-state index contributed by atoms with van der Waals surface area (Å²) in [6, 6.07) is 14.5. The standard InChI is InChI=1S/C22H23N3O4S/c1-15-9-10-18(11-12-20-22(24-17(3)26)16(2)25-29-20)13-21(15)30(27,28)23-14-19-7-5-4-6-8-19/h4-13,23H,14H2,1-3H3,(H,24,26)/b12-11-. The number of amides is 1. The number of hydrogen-bond acceptors (Lipinski definition) is 5. The molecular weight excluding hydrogens is 402 g/mol. The molecule has 0 aliphatic carbocycles. The molecule has 0 aliphatic rings. The molecule has 3 aromatic rings. The summed E-state index contributed by atoms with van der Waals surface area (Å²) in [5.74, 6) is 0.152. The van der Waals surface area contributed by atoms with Crippen molar-refractivity contribution in [3.8, 4) is 0 Å². The zero-order chi connectivity index (χ0) is 21.7. The lowest BCUT2D eigenvalue weighted by molar-refractivity contribution is -0.114. The van der Waals surface area contributed by atoms with Crippen LogP contribution in [0, 0.1) is 13.8 Å². The van der Waals surface area contributed by atoms with Gasteiger partial charge < -0.3 is 9.84 Å². The van der Waals surface area contributed by atoms with Gasteiger partial charge in [0.1, 0.15) is 11.4 Å². The highest BCUT2D eigenvalue weighted by atomic mass is 32.2. The first-order valence-corrected chi connectivity index (χ1v) is 10.8. The number of nitrogens with zero attached hydrogens (tertiary/aromatic N) is 1. The Labute approximate surface area is 175 Å². The molecule has 0 saturated carbocycles. The van der Waals surface area contributed by atoms with Crippen LogP contribution in [0.1, 0.15) is 35.1 Å². The van der Waals surface area contributed by atoms with Crippen molar-refractivity contribution in [2.45, 2.75) is 32.2 Å². The Morgan fingerprint density at radius 1 is 1.10 bits per heavy atom. The molecule has 30 heavy (non-hydrogen) atoms. The minimum atomic E-state index is -3.69. The molecule has 0 bridgehead atoms. The Bertz CT molecular complexity index is 1180. The second-order valence-corrected chi connectivity index (χ2v) is 8.59. The first-order chi connectivity index (χ1) is 14.3. The largest absolute Gasteiger partial charge is 0.354 e. The molecule has 0 saturated heterocycles. The number of hydrogen-bond donors (Lipinski definition) is 2. The van der Waals surface area contributed by atoms with Gasteiger partial charge in [-0.05, 0) is 42.7 Å². The summed E-state index contributed by atoms with van der Waals surface area (Å²) in [5, 5.41) is 6.54. The normalized spacial score (nSPS) is 11.7. The first kappa shape index (κ1) is 21.5. The molecule has 1 aromatic heterocycles. The summed E-state index contributed by atoms with van der Waals surface area (Å²) >= 11 is 0. The zero-order valence-corrected chi connectivity index (χ0v) is 17.8. The Morgan fingerprint density at radius 3 is 2.53 bits per heavy atom.